The van der Waals surface area contributed by atoms with Crippen molar-refractivity contribution in [2.45, 2.75) is 32.4 Å². The average molecular weight is 333 g/mol. The van der Waals surface area contributed by atoms with Crippen LogP contribution in [0.25, 0.3) is 0 Å². The maximum atomic E-state index is 13.0. The zero-order chi connectivity index (χ0) is 17.6. The third-order valence-electron chi connectivity index (χ3n) is 3.78. The molecule has 0 saturated heterocycles. The van der Waals surface area contributed by atoms with Gasteiger partial charge in [0.05, 0.1) is 12.2 Å². The van der Waals surface area contributed by atoms with Gasteiger partial charge in [-0.2, -0.15) is 0 Å². The van der Waals surface area contributed by atoms with Crippen molar-refractivity contribution in [1.29, 1.82) is 0 Å². The van der Waals surface area contributed by atoms with Crippen LogP contribution in [0.1, 0.15) is 31.4 Å². The Labute approximate surface area is 141 Å². The SMILES string of the molecule is CCCOc1ccc(CNCC(C)(O)c2ccc(F)cc2)c(O)c1. The van der Waals surface area contributed by atoms with E-state index in [9.17, 15) is 14.6 Å². The molecule has 24 heavy (non-hydrogen) atoms. The summed E-state index contributed by atoms with van der Waals surface area (Å²) in [5.41, 5.74) is 0.214. The first-order valence-corrected chi connectivity index (χ1v) is 8.06. The van der Waals surface area contributed by atoms with Crippen molar-refractivity contribution in [2.75, 3.05) is 13.2 Å². The Balaban J connectivity index is 1.92. The number of phenols is 1. The third kappa shape index (κ3) is 4.94. The summed E-state index contributed by atoms with van der Waals surface area (Å²) in [4.78, 5) is 0. The van der Waals surface area contributed by atoms with E-state index < -0.39 is 5.60 Å². The topological polar surface area (TPSA) is 61.7 Å². The van der Waals surface area contributed by atoms with E-state index in [1.54, 1.807) is 31.2 Å². The molecule has 0 spiro atoms. The van der Waals surface area contributed by atoms with Crippen molar-refractivity contribution in [3.05, 3.63) is 59.4 Å². The fourth-order valence-corrected chi connectivity index (χ4v) is 2.35. The van der Waals surface area contributed by atoms with Crippen molar-refractivity contribution in [1.82, 2.24) is 5.32 Å². The number of nitrogens with one attached hydrogen (secondary N) is 1. The lowest BCUT2D eigenvalue weighted by molar-refractivity contribution is 0.0565. The van der Waals surface area contributed by atoms with Gasteiger partial charge >= 0.3 is 0 Å². The maximum absolute atomic E-state index is 13.0. The normalized spacial score (nSPS) is 13.5. The first kappa shape index (κ1) is 18.2. The molecule has 4 nitrogen and oxygen atoms in total. The van der Waals surface area contributed by atoms with E-state index in [4.69, 9.17) is 4.74 Å². The molecule has 3 N–H and O–H groups in total. The van der Waals surface area contributed by atoms with Crippen LogP contribution >= 0.6 is 0 Å². The number of rotatable bonds is 8. The molecule has 0 bridgehead atoms. The molecule has 2 rings (SSSR count). The Kier molecular flexibility index (Phi) is 6.17. The van der Waals surface area contributed by atoms with Crippen LogP contribution in [-0.4, -0.2) is 23.4 Å². The van der Waals surface area contributed by atoms with Crippen molar-refractivity contribution < 1.29 is 19.3 Å². The lowest BCUT2D eigenvalue weighted by Crippen LogP contribution is -2.35. The number of hydrogen-bond donors (Lipinski definition) is 3. The molecule has 0 amide bonds. The highest BCUT2D eigenvalue weighted by atomic mass is 19.1. The Morgan fingerprint density at radius 3 is 2.50 bits per heavy atom. The lowest BCUT2D eigenvalue weighted by Gasteiger charge is -2.24. The van der Waals surface area contributed by atoms with Gasteiger partial charge in [-0.05, 0) is 37.1 Å². The van der Waals surface area contributed by atoms with Crippen molar-refractivity contribution in [2.24, 2.45) is 0 Å². The van der Waals surface area contributed by atoms with Gasteiger partial charge in [-0.15, -0.1) is 0 Å². The number of aliphatic hydroxyl groups is 1. The maximum Gasteiger partial charge on any atom is 0.123 e. The van der Waals surface area contributed by atoms with Crippen molar-refractivity contribution in [3.63, 3.8) is 0 Å². The smallest absolute Gasteiger partial charge is 0.123 e. The predicted molar refractivity (Wildman–Crippen MR) is 91.6 cm³/mol. The Morgan fingerprint density at radius 1 is 1.17 bits per heavy atom. The van der Waals surface area contributed by atoms with Crippen LogP contribution in [0.15, 0.2) is 42.5 Å². The summed E-state index contributed by atoms with van der Waals surface area (Å²) < 4.78 is 18.4. The summed E-state index contributed by atoms with van der Waals surface area (Å²) in [6.45, 7) is 4.96. The van der Waals surface area contributed by atoms with Gasteiger partial charge in [0, 0.05) is 24.7 Å². The third-order valence-corrected chi connectivity index (χ3v) is 3.78. The largest absolute Gasteiger partial charge is 0.507 e. The molecule has 0 aliphatic heterocycles. The lowest BCUT2D eigenvalue weighted by atomic mass is 9.96. The molecular formula is C19H24FNO3. The fourth-order valence-electron chi connectivity index (χ4n) is 2.35. The minimum absolute atomic E-state index is 0.150. The molecule has 5 heteroatoms. The summed E-state index contributed by atoms with van der Waals surface area (Å²) in [6, 6.07) is 11.0. The van der Waals surface area contributed by atoms with Gasteiger partial charge in [0.25, 0.3) is 0 Å². The molecule has 0 fully saturated rings. The molecule has 2 aromatic rings. The second-order valence-corrected chi connectivity index (χ2v) is 6.02. The van der Waals surface area contributed by atoms with Crippen molar-refractivity contribution in [3.8, 4) is 11.5 Å². The summed E-state index contributed by atoms with van der Waals surface area (Å²) in [6.07, 6.45) is 0.905. The van der Waals surface area contributed by atoms with Gasteiger partial charge in [-0.1, -0.05) is 25.1 Å². The fraction of sp³-hybridized carbons (Fsp3) is 0.368. The van der Waals surface area contributed by atoms with Crippen LogP contribution in [0.2, 0.25) is 0 Å². The Bertz CT molecular complexity index is 656. The molecule has 0 radical (unpaired) electrons. The summed E-state index contributed by atoms with van der Waals surface area (Å²) in [5.74, 6) is 0.451. The molecule has 0 aliphatic carbocycles. The molecule has 0 aromatic heterocycles. The monoisotopic (exact) mass is 333 g/mol. The number of aromatic hydroxyl groups is 1. The van der Waals surface area contributed by atoms with Crippen LogP contribution in [0, 0.1) is 5.82 Å². The first-order chi connectivity index (χ1) is 11.4. The number of phenolic OH excluding ortho intramolecular Hbond substituents is 1. The van der Waals surface area contributed by atoms with Gasteiger partial charge in [-0.25, -0.2) is 4.39 Å². The first-order valence-electron chi connectivity index (χ1n) is 8.06. The molecule has 1 unspecified atom stereocenters. The van der Waals surface area contributed by atoms with Crippen molar-refractivity contribution >= 4 is 0 Å². The van der Waals surface area contributed by atoms with E-state index in [0.717, 1.165) is 6.42 Å². The molecule has 1 atom stereocenters. The van der Waals surface area contributed by atoms with Gasteiger partial charge < -0.3 is 20.3 Å². The molecule has 0 heterocycles. The van der Waals surface area contributed by atoms with E-state index >= 15 is 0 Å². The van der Waals surface area contributed by atoms with Gasteiger partial charge in [0.2, 0.25) is 0 Å². The molecule has 0 saturated carbocycles. The zero-order valence-corrected chi connectivity index (χ0v) is 14.1. The zero-order valence-electron chi connectivity index (χ0n) is 14.1. The molecule has 130 valence electrons. The van der Waals surface area contributed by atoms with Crippen LogP contribution in [0.5, 0.6) is 11.5 Å². The van der Waals surface area contributed by atoms with Crippen LogP contribution in [0.3, 0.4) is 0 Å². The van der Waals surface area contributed by atoms with E-state index in [-0.39, 0.29) is 18.1 Å². The average Bonchev–Trinajstić information content (AvgIpc) is 2.55. The molecular weight excluding hydrogens is 309 g/mol. The van der Waals surface area contributed by atoms with Gasteiger partial charge in [0.15, 0.2) is 0 Å². The highest BCUT2D eigenvalue weighted by molar-refractivity contribution is 5.39. The molecule has 0 aliphatic rings. The standard InChI is InChI=1S/C19H24FNO3/c1-3-10-24-17-9-4-14(18(22)11-17)12-21-13-19(2,23)15-5-7-16(20)8-6-15/h4-9,11,21-23H,3,10,12-13H2,1-2H3. The van der Waals surface area contributed by atoms with Gasteiger partial charge in [-0.3, -0.25) is 0 Å². The number of benzene rings is 2. The van der Waals surface area contributed by atoms with Crippen LogP contribution < -0.4 is 10.1 Å². The Hall–Kier alpha value is -2.11. The highest BCUT2D eigenvalue weighted by Crippen LogP contribution is 2.24. The van der Waals surface area contributed by atoms with E-state index in [1.807, 2.05) is 13.0 Å². The Morgan fingerprint density at radius 2 is 1.88 bits per heavy atom. The predicted octanol–water partition coefficient (Wildman–Crippen LogP) is 3.32. The summed E-state index contributed by atoms with van der Waals surface area (Å²) in [7, 11) is 0. The van der Waals surface area contributed by atoms with E-state index in [2.05, 4.69) is 5.32 Å². The number of ether oxygens (including phenoxy) is 1. The minimum Gasteiger partial charge on any atom is -0.507 e. The number of hydrogen-bond acceptors (Lipinski definition) is 4. The summed E-state index contributed by atoms with van der Waals surface area (Å²) >= 11 is 0. The highest BCUT2D eigenvalue weighted by Gasteiger charge is 2.22. The summed E-state index contributed by atoms with van der Waals surface area (Å²) in [5, 5.41) is 23.7. The second-order valence-electron chi connectivity index (χ2n) is 6.02. The quantitative estimate of drug-likeness (QED) is 0.693. The number of halogens is 1. The van der Waals surface area contributed by atoms with E-state index in [0.29, 0.717) is 30.0 Å². The van der Waals surface area contributed by atoms with Gasteiger partial charge in [0.1, 0.15) is 17.3 Å². The minimum atomic E-state index is -1.13. The van der Waals surface area contributed by atoms with Crippen LogP contribution in [-0.2, 0) is 12.1 Å². The molecule has 2 aromatic carbocycles. The van der Waals surface area contributed by atoms with Crippen LogP contribution in [0.4, 0.5) is 4.39 Å². The second kappa shape index (κ2) is 8.13. The van der Waals surface area contributed by atoms with E-state index in [1.165, 1.54) is 12.1 Å².